The number of esters is 2. The molecule has 0 spiro atoms. The van der Waals surface area contributed by atoms with Crippen molar-refractivity contribution < 1.29 is 29.0 Å². The SMILES string of the molecule is CC(C)OC(=O)[C@@H]1C(=O)C[C@](C)(O)[C@H](C(=O)OC(C)C)[C@H]1c1ccccc1. The predicted molar refractivity (Wildman–Crippen MR) is 98.9 cm³/mol. The van der Waals surface area contributed by atoms with Gasteiger partial charge in [0.2, 0.25) is 0 Å². The molecule has 0 radical (unpaired) electrons. The first-order chi connectivity index (χ1) is 12.5. The van der Waals surface area contributed by atoms with Gasteiger partial charge < -0.3 is 14.6 Å². The molecule has 2 rings (SSSR count). The molecule has 1 aromatic rings. The summed E-state index contributed by atoms with van der Waals surface area (Å²) in [5, 5.41) is 10.9. The molecule has 0 saturated heterocycles. The molecule has 1 N–H and O–H groups in total. The van der Waals surface area contributed by atoms with Crippen LogP contribution in [0.3, 0.4) is 0 Å². The Labute approximate surface area is 159 Å². The summed E-state index contributed by atoms with van der Waals surface area (Å²) in [6.07, 6.45) is -1.10. The number of carbonyl (C=O) groups excluding carboxylic acids is 3. The first kappa shape index (κ1) is 21.1. The molecule has 0 aliphatic heterocycles. The van der Waals surface area contributed by atoms with Gasteiger partial charge in [-0.15, -0.1) is 0 Å². The van der Waals surface area contributed by atoms with Gasteiger partial charge in [-0.3, -0.25) is 14.4 Å². The molecule has 0 aromatic heterocycles. The molecule has 0 heterocycles. The first-order valence-corrected chi connectivity index (χ1v) is 9.25. The van der Waals surface area contributed by atoms with Crippen molar-refractivity contribution in [2.24, 2.45) is 11.8 Å². The van der Waals surface area contributed by atoms with Gasteiger partial charge in [-0.05, 0) is 40.2 Å². The van der Waals surface area contributed by atoms with Crippen molar-refractivity contribution in [1.82, 2.24) is 0 Å². The van der Waals surface area contributed by atoms with E-state index in [0.29, 0.717) is 5.56 Å². The first-order valence-electron chi connectivity index (χ1n) is 9.25. The summed E-state index contributed by atoms with van der Waals surface area (Å²) in [5.74, 6) is -4.84. The van der Waals surface area contributed by atoms with Crippen molar-refractivity contribution in [3.8, 4) is 0 Å². The number of hydrogen-bond donors (Lipinski definition) is 1. The van der Waals surface area contributed by atoms with Crippen LogP contribution in [0.2, 0.25) is 0 Å². The standard InChI is InChI=1S/C21H28O6/c1-12(2)26-19(23)17-15(22)11-21(5,25)18(20(24)27-13(3)4)16(17)14-9-7-6-8-10-14/h6-10,12-13,16-18,25H,11H2,1-5H3/t16-,17+,18-,21-/m0/s1. The van der Waals surface area contributed by atoms with Crippen LogP contribution in [0, 0.1) is 11.8 Å². The van der Waals surface area contributed by atoms with Crippen LogP contribution in [0.25, 0.3) is 0 Å². The Bertz CT molecular complexity index is 684. The van der Waals surface area contributed by atoms with Gasteiger partial charge in [0.05, 0.1) is 23.7 Å². The maximum Gasteiger partial charge on any atom is 0.317 e. The number of Topliss-reactive ketones (excluding diaryl/α,β-unsaturated/α-hetero) is 1. The molecular weight excluding hydrogens is 348 g/mol. The zero-order valence-electron chi connectivity index (χ0n) is 16.5. The minimum Gasteiger partial charge on any atom is -0.463 e. The van der Waals surface area contributed by atoms with Gasteiger partial charge in [0, 0.05) is 12.3 Å². The van der Waals surface area contributed by atoms with Crippen molar-refractivity contribution in [2.45, 2.75) is 64.8 Å². The monoisotopic (exact) mass is 376 g/mol. The van der Waals surface area contributed by atoms with E-state index in [9.17, 15) is 19.5 Å². The fourth-order valence-electron chi connectivity index (χ4n) is 3.70. The molecule has 0 bridgehead atoms. The number of aliphatic hydroxyl groups is 1. The number of benzene rings is 1. The van der Waals surface area contributed by atoms with Crippen molar-refractivity contribution in [3.05, 3.63) is 35.9 Å². The molecule has 1 aliphatic carbocycles. The van der Waals surface area contributed by atoms with Crippen LogP contribution in [0.4, 0.5) is 0 Å². The number of rotatable bonds is 5. The summed E-state index contributed by atoms with van der Waals surface area (Å²) in [5.41, 5.74) is -1.01. The van der Waals surface area contributed by atoms with E-state index in [4.69, 9.17) is 9.47 Å². The third-order valence-electron chi connectivity index (χ3n) is 4.66. The summed E-state index contributed by atoms with van der Waals surface area (Å²) < 4.78 is 10.7. The van der Waals surface area contributed by atoms with Crippen molar-refractivity contribution in [1.29, 1.82) is 0 Å². The fraction of sp³-hybridized carbons (Fsp3) is 0.571. The summed E-state index contributed by atoms with van der Waals surface area (Å²) in [4.78, 5) is 38.4. The Balaban J connectivity index is 2.57. The fourth-order valence-corrected chi connectivity index (χ4v) is 3.70. The van der Waals surface area contributed by atoms with Gasteiger partial charge in [0.1, 0.15) is 5.92 Å². The molecule has 1 aromatic carbocycles. The Morgan fingerprint density at radius 1 is 1.04 bits per heavy atom. The highest BCUT2D eigenvalue weighted by Gasteiger charge is 2.57. The molecule has 1 saturated carbocycles. The van der Waals surface area contributed by atoms with Gasteiger partial charge in [0.25, 0.3) is 0 Å². The molecule has 0 unspecified atom stereocenters. The lowest BCUT2D eigenvalue weighted by Crippen LogP contribution is -2.55. The van der Waals surface area contributed by atoms with Gasteiger partial charge >= 0.3 is 11.9 Å². The molecule has 4 atom stereocenters. The highest BCUT2D eigenvalue weighted by molar-refractivity contribution is 6.02. The smallest absolute Gasteiger partial charge is 0.317 e. The van der Waals surface area contributed by atoms with E-state index in [1.807, 2.05) is 0 Å². The molecule has 1 aliphatic rings. The van der Waals surface area contributed by atoms with E-state index in [0.717, 1.165) is 0 Å². The second kappa shape index (κ2) is 8.21. The van der Waals surface area contributed by atoms with Gasteiger partial charge in [-0.25, -0.2) is 0 Å². The van der Waals surface area contributed by atoms with Crippen molar-refractivity contribution in [3.63, 3.8) is 0 Å². The number of carbonyl (C=O) groups is 3. The average Bonchev–Trinajstić information content (AvgIpc) is 2.52. The van der Waals surface area contributed by atoms with E-state index in [-0.39, 0.29) is 12.5 Å². The topological polar surface area (TPSA) is 89.9 Å². The number of ether oxygens (including phenoxy) is 2. The van der Waals surface area contributed by atoms with E-state index >= 15 is 0 Å². The van der Waals surface area contributed by atoms with Crippen molar-refractivity contribution >= 4 is 17.7 Å². The molecular formula is C21H28O6. The molecule has 27 heavy (non-hydrogen) atoms. The molecule has 1 fully saturated rings. The Morgan fingerprint density at radius 3 is 2.07 bits per heavy atom. The molecule has 0 amide bonds. The second-order valence-electron chi connectivity index (χ2n) is 7.86. The molecule has 148 valence electrons. The van der Waals surface area contributed by atoms with Crippen LogP contribution >= 0.6 is 0 Å². The largest absolute Gasteiger partial charge is 0.463 e. The lowest BCUT2D eigenvalue weighted by Gasteiger charge is -2.44. The molecule has 6 heteroatoms. The summed E-state index contributed by atoms with van der Waals surface area (Å²) in [6, 6.07) is 8.81. The third kappa shape index (κ3) is 4.75. The zero-order chi connectivity index (χ0) is 20.4. The Hall–Kier alpha value is -2.21. The predicted octanol–water partition coefficient (Wildman–Crippen LogP) is 2.63. The number of hydrogen-bond acceptors (Lipinski definition) is 6. The van der Waals surface area contributed by atoms with Gasteiger partial charge in [-0.1, -0.05) is 30.3 Å². The second-order valence-corrected chi connectivity index (χ2v) is 7.86. The van der Waals surface area contributed by atoms with Gasteiger partial charge in [0.15, 0.2) is 5.78 Å². The minimum absolute atomic E-state index is 0.313. The number of ketones is 1. The van der Waals surface area contributed by atoms with Crippen LogP contribution in [0.1, 0.15) is 52.5 Å². The van der Waals surface area contributed by atoms with Crippen LogP contribution in [-0.2, 0) is 23.9 Å². The van der Waals surface area contributed by atoms with Crippen LogP contribution < -0.4 is 0 Å². The van der Waals surface area contributed by atoms with E-state index in [1.54, 1.807) is 58.0 Å². The molecule has 6 nitrogen and oxygen atoms in total. The quantitative estimate of drug-likeness (QED) is 0.628. The summed E-state index contributed by atoms with van der Waals surface area (Å²) in [6.45, 7) is 8.26. The lowest BCUT2D eigenvalue weighted by molar-refractivity contribution is -0.176. The maximum atomic E-state index is 12.9. The Kier molecular flexibility index (Phi) is 6.42. The third-order valence-corrected chi connectivity index (χ3v) is 4.66. The summed E-state index contributed by atoms with van der Waals surface area (Å²) >= 11 is 0. The highest BCUT2D eigenvalue weighted by atomic mass is 16.5. The average molecular weight is 376 g/mol. The van der Waals surface area contributed by atoms with Gasteiger partial charge in [-0.2, -0.15) is 0 Å². The van der Waals surface area contributed by atoms with E-state index < -0.39 is 47.2 Å². The highest BCUT2D eigenvalue weighted by Crippen LogP contribution is 2.46. The van der Waals surface area contributed by atoms with Crippen LogP contribution in [-0.4, -0.2) is 40.6 Å². The minimum atomic E-state index is -1.63. The van der Waals surface area contributed by atoms with E-state index in [1.165, 1.54) is 6.92 Å². The van der Waals surface area contributed by atoms with E-state index in [2.05, 4.69) is 0 Å². The zero-order valence-corrected chi connectivity index (χ0v) is 16.5. The Morgan fingerprint density at radius 2 is 1.56 bits per heavy atom. The lowest BCUT2D eigenvalue weighted by atomic mass is 9.61. The van der Waals surface area contributed by atoms with Crippen LogP contribution in [0.15, 0.2) is 30.3 Å². The normalized spacial score (nSPS) is 28.3. The summed E-state index contributed by atoms with van der Waals surface area (Å²) in [7, 11) is 0. The van der Waals surface area contributed by atoms with Crippen LogP contribution in [0.5, 0.6) is 0 Å². The van der Waals surface area contributed by atoms with Crippen molar-refractivity contribution in [2.75, 3.05) is 0 Å². The maximum absolute atomic E-state index is 12.9.